The van der Waals surface area contributed by atoms with E-state index in [1.807, 2.05) is 42.5 Å². The molecule has 0 saturated carbocycles. The van der Waals surface area contributed by atoms with E-state index in [0.717, 1.165) is 16.3 Å². The molecule has 0 aliphatic carbocycles. The van der Waals surface area contributed by atoms with Crippen LogP contribution in [0.3, 0.4) is 0 Å². The zero-order valence-electron chi connectivity index (χ0n) is 17.6. The van der Waals surface area contributed by atoms with Crippen molar-refractivity contribution in [1.82, 2.24) is 15.1 Å². The summed E-state index contributed by atoms with van der Waals surface area (Å²) in [5.74, 6) is -0.954. The quantitative estimate of drug-likeness (QED) is 0.673. The van der Waals surface area contributed by atoms with Crippen molar-refractivity contribution < 1.29 is 18.8 Å². The average Bonchev–Trinajstić information content (AvgIpc) is 2.83. The summed E-state index contributed by atoms with van der Waals surface area (Å²) < 4.78 is 13.1. The van der Waals surface area contributed by atoms with Gasteiger partial charge in [-0.2, -0.15) is 0 Å². The zero-order valence-corrected chi connectivity index (χ0v) is 17.6. The van der Waals surface area contributed by atoms with Crippen LogP contribution >= 0.6 is 0 Å². The van der Waals surface area contributed by atoms with Crippen molar-refractivity contribution in [3.05, 3.63) is 83.7 Å². The smallest absolute Gasteiger partial charge is 0.253 e. The number of fused-ring (bicyclic) bond motifs is 1. The monoisotopic (exact) mass is 433 g/mol. The molecule has 0 spiro atoms. The van der Waals surface area contributed by atoms with E-state index in [1.165, 1.54) is 24.3 Å². The molecule has 0 radical (unpaired) electrons. The molecule has 4 rings (SSSR count). The molecule has 1 saturated heterocycles. The highest BCUT2D eigenvalue weighted by molar-refractivity contribution is 5.94. The van der Waals surface area contributed by atoms with Crippen LogP contribution in [0.2, 0.25) is 0 Å². The summed E-state index contributed by atoms with van der Waals surface area (Å²) in [6, 6.07) is 19.1. The third kappa shape index (κ3) is 4.94. The minimum atomic E-state index is -0.389. The predicted molar refractivity (Wildman–Crippen MR) is 120 cm³/mol. The molecule has 1 aliphatic rings. The topological polar surface area (TPSA) is 69.7 Å². The van der Waals surface area contributed by atoms with E-state index in [4.69, 9.17) is 0 Å². The lowest BCUT2D eigenvalue weighted by Crippen LogP contribution is -2.52. The number of benzene rings is 3. The summed E-state index contributed by atoms with van der Waals surface area (Å²) in [4.78, 5) is 40.7. The molecule has 164 valence electrons. The van der Waals surface area contributed by atoms with E-state index >= 15 is 0 Å². The Morgan fingerprint density at radius 1 is 0.812 bits per heavy atom. The first-order chi connectivity index (χ1) is 15.5. The van der Waals surface area contributed by atoms with Gasteiger partial charge in [-0.1, -0.05) is 42.5 Å². The number of rotatable bonds is 5. The van der Waals surface area contributed by atoms with Gasteiger partial charge < -0.3 is 15.1 Å². The third-order valence-corrected chi connectivity index (χ3v) is 5.68. The van der Waals surface area contributed by atoms with Crippen LogP contribution in [-0.2, 0) is 16.0 Å². The number of halogens is 1. The van der Waals surface area contributed by atoms with E-state index in [0.29, 0.717) is 31.7 Å². The van der Waals surface area contributed by atoms with Gasteiger partial charge in [0, 0.05) is 31.7 Å². The summed E-state index contributed by atoms with van der Waals surface area (Å²) in [6.07, 6.45) is 0.203. The molecule has 0 aromatic heterocycles. The van der Waals surface area contributed by atoms with Gasteiger partial charge in [-0.15, -0.1) is 0 Å². The van der Waals surface area contributed by atoms with E-state index in [2.05, 4.69) is 5.32 Å². The van der Waals surface area contributed by atoms with Crippen molar-refractivity contribution in [2.45, 2.75) is 6.42 Å². The number of carbonyl (C=O) groups excluding carboxylic acids is 3. The highest BCUT2D eigenvalue weighted by Crippen LogP contribution is 2.18. The maximum absolute atomic E-state index is 13.1. The van der Waals surface area contributed by atoms with Gasteiger partial charge in [0.1, 0.15) is 5.82 Å². The van der Waals surface area contributed by atoms with Crippen LogP contribution in [0.1, 0.15) is 15.9 Å². The maximum atomic E-state index is 13.1. The molecular weight excluding hydrogens is 409 g/mol. The molecule has 6 nitrogen and oxygen atoms in total. The lowest BCUT2D eigenvalue weighted by molar-refractivity contribution is -0.133. The van der Waals surface area contributed by atoms with Crippen molar-refractivity contribution in [3.8, 4) is 0 Å². The fourth-order valence-electron chi connectivity index (χ4n) is 3.90. The Kier molecular flexibility index (Phi) is 6.44. The van der Waals surface area contributed by atoms with Crippen molar-refractivity contribution in [3.63, 3.8) is 0 Å². The van der Waals surface area contributed by atoms with Crippen molar-refractivity contribution in [2.24, 2.45) is 0 Å². The van der Waals surface area contributed by atoms with Gasteiger partial charge in [-0.3, -0.25) is 14.4 Å². The highest BCUT2D eigenvalue weighted by Gasteiger charge is 2.25. The average molecular weight is 433 g/mol. The van der Waals surface area contributed by atoms with Crippen LogP contribution in [0, 0.1) is 5.82 Å². The second-order valence-corrected chi connectivity index (χ2v) is 7.77. The predicted octanol–water partition coefficient (Wildman–Crippen LogP) is 2.62. The number of hydrogen-bond acceptors (Lipinski definition) is 3. The van der Waals surface area contributed by atoms with E-state index in [9.17, 15) is 18.8 Å². The van der Waals surface area contributed by atoms with Crippen molar-refractivity contribution in [1.29, 1.82) is 0 Å². The van der Waals surface area contributed by atoms with Crippen LogP contribution in [0.5, 0.6) is 0 Å². The summed E-state index contributed by atoms with van der Waals surface area (Å²) in [5.41, 5.74) is 1.34. The number of hydrogen-bond donors (Lipinski definition) is 1. The molecular formula is C25H24FN3O3. The molecule has 7 heteroatoms. The Hall–Kier alpha value is -3.74. The van der Waals surface area contributed by atoms with Crippen LogP contribution in [-0.4, -0.2) is 60.2 Å². The van der Waals surface area contributed by atoms with Crippen LogP contribution in [0.4, 0.5) is 4.39 Å². The molecule has 0 unspecified atom stereocenters. The molecule has 1 N–H and O–H groups in total. The highest BCUT2D eigenvalue weighted by atomic mass is 19.1. The summed E-state index contributed by atoms with van der Waals surface area (Å²) in [6.45, 7) is 1.50. The number of amides is 3. The van der Waals surface area contributed by atoms with E-state index in [1.54, 1.807) is 9.80 Å². The van der Waals surface area contributed by atoms with Crippen LogP contribution in [0.25, 0.3) is 10.8 Å². The SMILES string of the molecule is O=C(Cc1cccc2ccccc12)NCC(=O)N1CCN(C(=O)c2ccc(F)cc2)CC1. The Morgan fingerprint density at radius 2 is 1.47 bits per heavy atom. The van der Waals surface area contributed by atoms with Crippen LogP contribution < -0.4 is 5.32 Å². The number of carbonyl (C=O) groups is 3. The van der Waals surface area contributed by atoms with Crippen molar-refractivity contribution in [2.75, 3.05) is 32.7 Å². The molecule has 1 fully saturated rings. The first-order valence-corrected chi connectivity index (χ1v) is 10.6. The van der Waals surface area contributed by atoms with Gasteiger partial charge in [0.2, 0.25) is 11.8 Å². The van der Waals surface area contributed by atoms with Gasteiger partial charge >= 0.3 is 0 Å². The first kappa shape index (κ1) is 21.5. The summed E-state index contributed by atoms with van der Waals surface area (Å²) in [5, 5.41) is 4.81. The standard InChI is InChI=1S/C25H24FN3O3/c26-21-10-8-19(9-11-21)25(32)29-14-12-28(13-15-29)24(31)17-27-23(30)16-20-6-3-5-18-4-1-2-7-22(18)20/h1-11H,12-17H2,(H,27,30). The third-order valence-electron chi connectivity index (χ3n) is 5.68. The minimum Gasteiger partial charge on any atom is -0.347 e. The van der Waals surface area contributed by atoms with Gasteiger partial charge in [-0.25, -0.2) is 4.39 Å². The fraction of sp³-hybridized carbons (Fsp3) is 0.240. The summed E-state index contributed by atoms with van der Waals surface area (Å²) >= 11 is 0. The molecule has 3 aromatic rings. The molecule has 1 heterocycles. The Balaban J connectivity index is 1.25. The molecule has 1 aliphatic heterocycles. The lowest BCUT2D eigenvalue weighted by atomic mass is 10.0. The molecule has 3 aromatic carbocycles. The number of nitrogens with one attached hydrogen (secondary N) is 1. The minimum absolute atomic E-state index is 0.0739. The zero-order chi connectivity index (χ0) is 22.5. The second-order valence-electron chi connectivity index (χ2n) is 7.77. The first-order valence-electron chi connectivity index (χ1n) is 10.6. The van der Waals surface area contributed by atoms with Gasteiger partial charge in [0.05, 0.1) is 13.0 Å². The van der Waals surface area contributed by atoms with Gasteiger partial charge in [0.25, 0.3) is 5.91 Å². The Labute approximate surface area is 185 Å². The Morgan fingerprint density at radius 3 is 2.22 bits per heavy atom. The normalized spacial score (nSPS) is 13.8. The maximum Gasteiger partial charge on any atom is 0.253 e. The second kappa shape index (κ2) is 9.60. The lowest BCUT2D eigenvalue weighted by Gasteiger charge is -2.34. The molecule has 0 bridgehead atoms. The molecule has 3 amide bonds. The van der Waals surface area contributed by atoms with E-state index in [-0.39, 0.29) is 36.5 Å². The number of piperazine rings is 1. The largest absolute Gasteiger partial charge is 0.347 e. The molecule has 32 heavy (non-hydrogen) atoms. The van der Waals surface area contributed by atoms with Gasteiger partial charge in [0.15, 0.2) is 0 Å². The van der Waals surface area contributed by atoms with Crippen molar-refractivity contribution >= 4 is 28.5 Å². The van der Waals surface area contributed by atoms with Crippen LogP contribution in [0.15, 0.2) is 66.7 Å². The summed E-state index contributed by atoms with van der Waals surface area (Å²) in [7, 11) is 0. The van der Waals surface area contributed by atoms with E-state index < -0.39 is 0 Å². The number of nitrogens with zero attached hydrogens (tertiary/aromatic N) is 2. The fourth-order valence-corrected chi connectivity index (χ4v) is 3.90. The Bertz CT molecular complexity index is 1130. The van der Waals surface area contributed by atoms with Gasteiger partial charge in [-0.05, 0) is 40.6 Å². The molecule has 0 atom stereocenters.